The van der Waals surface area contributed by atoms with Gasteiger partial charge in [-0.05, 0) is 40.2 Å². The van der Waals surface area contributed by atoms with Crippen LogP contribution in [-0.2, 0) is 0 Å². The quantitative estimate of drug-likeness (QED) is 0.655. The first-order chi connectivity index (χ1) is 11.6. The number of fused-ring (bicyclic) bond motifs is 1. The summed E-state index contributed by atoms with van der Waals surface area (Å²) in [5.74, 6) is 1.16. The Morgan fingerprint density at radius 1 is 1.17 bits per heavy atom. The highest BCUT2D eigenvalue weighted by Gasteiger charge is 2.12. The number of amides is 2. The van der Waals surface area contributed by atoms with Crippen molar-refractivity contribution in [1.29, 1.82) is 0 Å². The summed E-state index contributed by atoms with van der Waals surface area (Å²) in [4.78, 5) is 16.6. The summed E-state index contributed by atoms with van der Waals surface area (Å²) in [6.45, 7) is 0. The number of halogens is 1. The molecule has 0 atom stereocenters. The molecule has 0 saturated carbocycles. The van der Waals surface area contributed by atoms with Crippen LogP contribution in [-0.4, -0.2) is 25.2 Å². The lowest BCUT2D eigenvalue weighted by Crippen LogP contribution is -2.19. The number of rotatable bonds is 4. The van der Waals surface area contributed by atoms with E-state index in [1.165, 1.54) is 18.4 Å². The molecular formula is C16H14BrN3O3S. The molecule has 6 nitrogen and oxygen atoms in total. The average Bonchev–Trinajstić information content (AvgIpc) is 2.99. The number of carbonyl (C=O) groups excluding carboxylic acids is 1. The molecule has 0 aliphatic rings. The largest absolute Gasteiger partial charge is 0.497 e. The Hall–Kier alpha value is -2.32. The van der Waals surface area contributed by atoms with Crippen LogP contribution in [0.3, 0.4) is 0 Å². The van der Waals surface area contributed by atoms with E-state index in [2.05, 4.69) is 31.5 Å². The number of nitrogens with zero attached hydrogens (tertiary/aromatic N) is 1. The van der Waals surface area contributed by atoms with Gasteiger partial charge in [0.05, 0.1) is 30.1 Å². The summed E-state index contributed by atoms with van der Waals surface area (Å²) in [6.07, 6.45) is 0. The summed E-state index contributed by atoms with van der Waals surface area (Å²) in [5, 5.41) is 6.00. The molecule has 2 aromatic carbocycles. The van der Waals surface area contributed by atoms with Crippen molar-refractivity contribution in [2.45, 2.75) is 0 Å². The van der Waals surface area contributed by atoms with Crippen LogP contribution in [0.2, 0.25) is 0 Å². The maximum atomic E-state index is 12.2. The first-order valence-electron chi connectivity index (χ1n) is 6.96. The van der Waals surface area contributed by atoms with E-state index in [0.717, 1.165) is 14.7 Å². The molecule has 0 saturated heterocycles. The number of anilines is 2. The topological polar surface area (TPSA) is 72.5 Å². The molecule has 1 aromatic heterocycles. The molecule has 124 valence electrons. The van der Waals surface area contributed by atoms with Crippen molar-refractivity contribution in [3.05, 3.63) is 40.9 Å². The molecular weight excluding hydrogens is 394 g/mol. The summed E-state index contributed by atoms with van der Waals surface area (Å²) >= 11 is 4.85. The lowest BCUT2D eigenvalue weighted by atomic mass is 10.2. The first kappa shape index (κ1) is 16.5. The van der Waals surface area contributed by atoms with E-state index in [-0.39, 0.29) is 0 Å². The number of hydrogen-bond acceptors (Lipinski definition) is 5. The van der Waals surface area contributed by atoms with Gasteiger partial charge in [0.1, 0.15) is 11.5 Å². The fourth-order valence-corrected chi connectivity index (χ4v) is 3.59. The SMILES string of the molecule is COc1ccc(NC(=O)Nc2nc3c(Br)cccc3s2)c(OC)c1. The van der Waals surface area contributed by atoms with Crippen molar-refractivity contribution >= 4 is 54.3 Å². The number of thiazole rings is 1. The summed E-state index contributed by atoms with van der Waals surface area (Å²) in [5.41, 5.74) is 1.36. The molecule has 0 unspecified atom stereocenters. The monoisotopic (exact) mass is 407 g/mol. The van der Waals surface area contributed by atoms with E-state index in [1.807, 2.05) is 18.2 Å². The van der Waals surface area contributed by atoms with Gasteiger partial charge < -0.3 is 14.8 Å². The highest BCUT2D eigenvalue weighted by Crippen LogP contribution is 2.32. The van der Waals surface area contributed by atoms with Crippen molar-refractivity contribution in [2.24, 2.45) is 0 Å². The first-order valence-corrected chi connectivity index (χ1v) is 8.56. The number of aromatic nitrogens is 1. The van der Waals surface area contributed by atoms with E-state index in [4.69, 9.17) is 9.47 Å². The predicted molar refractivity (Wildman–Crippen MR) is 99.5 cm³/mol. The van der Waals surface area contributed by atoms with Crippen LogP contribution in [0.5, 0.6) is 11.5 Å². The molecule has 8 heteroatoms. The molecule has 0 fully saturated rings. The number of hydrogen-bond donors (Lipinski definition) is 2. The second-order valence-electron chi connectivity index (χ2n) is 4.75. The van der Waals surface area contributed by atoms with Crippen LogP contribution in [0.15, 0.2) is 40.9 Å². The zero-order valence-corrected chi connectivity index (χ0v) is 15.3. The number of nitrogens with one attached hydrogen (secondary N) is 2. The molecule has 24 heavy (non-hydrogen) atoms. The number of benzene rings is 2. The van der Waals surface area contributed by atoms with E-state index in [1.54, 1.807) is 25.3 Å². The van der Waals surface area contributed by atoms with Gasteiger partial charge in [0.15, 0.2) is 5.13 Å². The van der Waals surface area contributed by atoms with Crippen LogP contribution in [0.25, 0.3) is 10.2 Å². The van der Waals surface area contributed by atoms with E-state index >= 15 is 0 Å². The zero-order chi connectivity index (χ0) is 17.1. The number of methoxy groups -OCH3 is 2. The van der Waals surface area contributed by atoms with Gasteiger partial charge in [-0.3, -0.25) is 5.32 Å². The molecule has 0 bridgehead atoms. The van der Waals surface area contributed by atoms with Gasteiger partial charge in [-0.2, -0.15) is 0 Å². The van der Waals surface area contributed by atoms with Gasteiger partial charge in [-0.25, -0.2) is 9.78 Å². The Morgan fingerprint density at radius 3 is 2.71 bits per heavy atom. The van der Waals surface area contributed by atoms with Gasteiger partial charge in [0.2, 0.25) is 0 Å². The molecule has 0 aliphatic carbocycles. The van der Waals surface area contributed by atoms with Crippen LogP contribution in [0, 0.1) is 0 Å². The van der Waals surface area contributed by atoms with Crippen molar-refractivity contribution in [3.8, 4) is 11.5 Å². The molecule has 0 radical (unpaired) electrons. The minimum atomic E-state index is -0.395. The van der Waals surface area contributed by atoms with Crippen LogP contribution >= 0.6 is 27.3 Å². The Labute approximate surface area is 150 Å². The van der Waals surface area contributed by atoms with Crippen LogP contribution < -0.4 is 20.1 Å². The fourth-order valence-electron chi connectivity index (χ4n) is 2.12. The second-order valence-corrected chi connectivity index (χ2v) is 6.64. The van der Waals surface area contributed by atoms with E-state index in [9.17, 15) is 4.79 Å². The smallest absolute Gasteiger partial charge is 0.325 e. The Kier molecular flexibility index (Phi) is 4.86. The van der Waals surface area contributed by atoms with Gasteiger partial charge in [-0.15, -0.1) is 0 Å². The highest BCUT2D eigenvalue weighted by molar-refractivity contribution is 9.10. The van der Waals surface area contributed by atoms with Gasteiger partial charge in [0.25, 0.3) is 0 Å². The summed E-state index contributed by atoms with van der Waals surface area (Å²) < 4.78 is 12.3. The summed E-state index contributed by atoms with van der Waals surface area (Å²) in [6, 6.07) is 10.6. The second kappa shape index (κ2) is 7.06. The summed E-state index contributed by atoms with van der Waals surface area (Å²) in [7, 11) is 3.10. The van der Waals surface area contributed by atoms with Crippen LogP contribution in [0.4, 0.5) is 15.6 Å². The fraction of sp³-hybridized carbons (Fsp3) is 0.125. The van der Waals surface area contributed by atoms with Crippen molar-refractivity contribution in [1.82, 2.24) is 4.98 Å². The number of para-hydroxylation sites is 1. The zero-order valence-electron chi connectivity index (χ0n) is 12.9. The number of ether oxygens (including phenoxy) is 2. The number of urea groups is 1. The minimum absolute atomic E-state index is 0.395. The molecule has 0 spiro atoms. The molecule has 1 heterocycles. The van der Waals surface area contributed by atoms with Crippen molar-refractivity contribution in [2.75, 3.05) is 24.9 Å². The predicted octanol–water partition coefficient (Wildman–Crippen LogP) is 4.72. The van der Waals surface area contributed by atoms with Gasteiger partial charge in [0, 0.05) is 10.5 Å². The lowest BCUT2D eigenvalue weighted by Gasteiger charge is -2.11. The van der Waals surface area contributed by atoms with Gasteiger partial charge in [-0.1, -0.05) is 17.4 Å². The maximum Gasteiger partial charge on any atom is 0.325 e. The normalized spacial score (nSPS) is 10.5. The minimum Gasteiger partial charge on any atom is -0.497 e. The average molecular weight is 408 g/mol. The third kappa shape index (κ3) is 3.44. The molecule has 3 aromatic rings. The third-order valence-corrected chi connectivity index (χ3v) is 4.82. The highest BCUT2D eigenvalue weighted by atomic mass is 79.9. The third-order valence-electron chi connectivity index (χ3n) is 3.25. The Morgan fingerprint density at radius 2 is 2.00 bits per heavy atom. The maximum absolute atomic E-state index is 12.2. The molecule has 0 aliphatic heterocycles. The Bertz CT molecular complexity index is 897. The van der Waals surface area contributed by atoms with E-state index < -0.39 is 6.03 Å². The Balaban J connectivity index is 1.76. The van der Waals surface area contributed by atoms with E-state index in [0.29, 0.717) is 22.3 Å². The van der Waals surface area contributed by atoms with Crippen LogP contribution in [0.1, 0.15) is 0 Å². The standard InChI is InChI=1S/C16H14BrN3O3S/c1-22-9-6-7-11(12(8-9)23-2)18-15(21)20-16-19-14-10(17)4-3-5-13(14)24-16/h3-8H,1-2H3,(H2,18,19,20,21). The van der Waals surface area contributed by atoms with Gasteiger partial charge >= 0.3 is 6.03 Å². The van der Waals surface area contributed by atoms with Crippen molar-refractivity contribution < 1.29 is 14.3 Å². The lowest BCUT2D eigenvalue weighted by molar-refractivity contribution is 0.262. The molecule has 2 amide bonds. The molecule has 2 N–H and O–H groups in total. The number of carbonyl (C=O) groups is 1. The molecule has 3 rings (SSSR count). The van der Waals surface area contributed by atoms with Crippen molar-refractivity contribution in [3.63, 3.8) is 0 Å².